The number of hydrogen-bond acceptors (Lipinski definition) is 4. The second-order valence-corrected chi connectivity index (χ2v) is 7.17. The lowest BCUT2D eigenvalue weighted by molar-refractivity contribution is 0.0601. The van der Waals surface area contributed by atoms with Gasteiger partial charge in [-0.25, -0.2) is 8.42 Å². The third kappa shape index (κ3) is 5.14. The van der Waals surface area contributed by atoms with Gasteiger partial charge in [0.15, 0.2) is 0 Å². The Morgan fingerprint density at radius 1 is 1.33 bits per heavy atom. The molecule has 0 aliphatic rings. The lowest BCUT2D eigenvalue weighted by atomic mass is 10.1. The zero-order chi connectivity index (χ0) is 16.1. The van der Waals surface area contributed by atoms with E-state index in [4.69, 9.17) is 5.11 Å². The Balaban J connectivity index is 3.17. The van der Waals surface area contributed by atoms with Gasteiger partial charge >= 0.3 is 0 Å². The van der Waals surface area contributed by atoms with E-state index >= 15 is 0 Å². The van der Waals surface area contributed by atoms with Crippen LogP contribution in [0.4, 0.5) is 0 Å². The van der Waals surface area contributed by atoms with E-state index in [0.717, 1.165) is 0 Å². The van der Waals surface area contributed by atoms with Crippen LogP contribution in [-0.2, 0) is 10.0 Å². The average molecular weight is 311 g/mol. The Labute approximate surface area is 126 Å². The Kier molecular flexibility index (Phi) is 5.93. The Morgan fingerprint density at radius 3 is 2.52 bits per heavy atom. The largest absolute Gasteiger partial charge is 0.389 e. The summed E-state index contributed by atoms with van der Waals surface area (Å²) in [5.41, 5.74) is -0.596. The van der Waals surface area contributed by atoms with Crippen molar-refractivity contribution in [1.82, 2.24) is 4.31 Å². The first kappa shape index (κ1) is 17.7. The molecule has 0 aromatic heterocycles. The second kappa shape index (κ2) is 7.05. The minimum Gasteiger partial charge on any atom is -0.389 e. The van der Waals surface area contributed by atoms with Crippen molar-refractivity contribution in [2.24, 2.45) is 0 Å². The highest BCUT2D eigenvalue weighted by Crippen LogP contribution is 2.19. The average Bonchev–Trinajstić information content (AvgIpc) is 2.41. The third-order valence-corrected chi connectivity index (χ3v) is 4.62. The van der Waals surface area contributed by atoms with Gasteiger partial charge in [0.25, 0.3) is 0 Å². The zero-order valence-electron chi connectivity index (χ0n) is 12.5. The van der Waals surface area contributed by atoms with Crippen LogP contribution < -0.4 is 0 Å². The molecule has 0 bridgehead atoms. The predicted octanol–water partition coefficient (Wildman–Crippen LogP) is 0.812. The van der Waals surface area contributed by atoms with Crippen LogP contribution in [0, 0.1) is 11.8 Å². The molecule has 21 heavy (non-hydrogen) atoms. The van der Waals surface area contributed by atoms with Crippen molar-refractivity contribution in [1.29, 1.82) is 0 Å². The van der Waals surface area contributed by atoms with Crippen LogP contribution in [-0.4, -0.2) is 48.2 Å². The summed E-state index contributed by atoms with van der Waals surface area (Å²) in [5.74, 6) is 5.16. The molecule has 0 saturated carbocycles. The van der Waals surface area contributed by atoms with Crippen molar-refractivity contribution < 1.29 is 18.6 Å². The molecule has 1 aromatic rings. The summed E-state index contributed by atoms with van der Waals surface area (Å²) in [6.07, 6.45) is 0. The smallest absolute Gasteiger partial charge is 0.243 e. The Morgan fingerprint density at radius 2 is 2.00 bits per heavy atom. The first-order chi connectivity index (χ1) is 9.70. The van der Waals surface area contributed by atoms with Crippen LogP contribution in [0.5, 0.6) is 0 Å². The number of benzene rings is 1. The summed E-state index contributed by atoms with van der Waals surface area (Å²) >= 11 is 0. The standard InChI is InChI=1S/C15H21NO4S/c1-4-16(12-15(2,3)18)21(19,20)14-9-5-7-13(11-14)8-6-10-17/h5,7,9,11,17-18H,4,10,12H2,1-3H3. The Hall–Kier alpha value is -1.39. The van der Waals surface area contributed by atoms with Gasteiger partial charge in [-0.1, -0.05) is 24.8 Å². The summed E-state index contributed by atoms with van der Waals surface area (Å²) in [6.45, 7) is 4.84. The molecule has 116 valence electrons. The topological polar surface area (TPSA) is 77.8 Å². The molecule has 0 atom stereocenters. The second-order valence-electron chi connectivity index (χ2n) is 5.23. The highest BCUT2D eigenvalue weighted by Gasteiger charge is 2.28. The Bertz CT molecular complexity index is 636. The van der Waals surface area contributed by atoms with E-state index in [2.05, 4.69) is 11.8 Å². The molecule has 0 amide bonds. The van der Waals surface area contributed by atoms with Crippen LogP contribution in [0.2, 0.25) is 0 Å². The number of sulfonamides is 1. The van der Waals surface area contributed by atoms with Crippen molar-refractivity contribution in [3.8, 4) is 11.8 Å². The molecule has 1 rings (SSSR count). The van der Waals surface area contributed by atoms with E-state index in [1.807, 2.05) is 0 Å². The first-order valence-corrected chi connectivity index (χ1v) is 8.07. The van der Waals surface area contributed by atoms with Crippen LogP contribution in [0.15, 0.2) is 29.2 Å². The molecule has 2 N–H and O–H groups in total. The van der Waals surface area contributed by atoms with Crippen molar-refractivity contribution in [2.75, 3.05) is 19.7 Å². The number of likely N-dealkylation sites (N-methyl/N-ethyl adjacent to an activating group) is 1. The van der Waals surface area contributed by atoms with Crippen molar-refractivity contribution in [3.63, 3.8) is 0 Å². The molecule has 6 heteroatoms. The van der Waals surface area contributed by atoms with Gasteiger partial charge in [-0.3, -0.25) is 0 Å². The normalized spacial score (nSPS) is 12.1. The van der Waals surface area contributed by atoms with Gasteiger partial charge in [0.05, 0.1) is 10.5 Å². The van der Waals surface area contributed by atoms with Gasteiger partial charge in [-0.05, 0) is 32.0 Å². The van der Waals surface area contributed by atoms with E-state index in [9.17, 15) is 13.5 Å². The highest BCUT2D eigenvalue weighted by atomic mass is 32.2. The summed E-state index contributed by atoms with van der Waals surface area (Å²) in [7, 11) is -3.69. The minimum absolute atomic E-state index is 0.0123. The number of rotatable bonds is 5. The molecule has 1 aromatic carbocycles. The van der Waals surface area contributed by atoms with Crippen LogP contribution in [0.25, 0.3) is 0 Å². The lowest BCUT2D eigenvalue weighted by Crippen LogP contribution is -2.42. The summed E-state index contributed by atoms with van der Waals surface area (Å²) < 4.78 is 26.4. The molecule has 0 unspecified atom stereocenters. The molecule has 0 spiro atoms. The monoisotopic (exact) mass is 311 g/mol. The fraction of sp³-hybridized carbons (Fsp3) is 0.467. The summed E-state index contributed by atoms with van der Waals surface area (Å²) in [6, 6.07) is 6.23. The maximum absolute atomic E-state index is 12.6. The third-order valence-electron chi connectivity index (χ3n) is 2.70. The molecular weight excluding hydrogens is 290 g/mol. The maximum atomic E-state index is 12.6. The van der Waals surface area contributed by atoms with Gasteiger partial charge in [0.1, 0.15) is 6.61 Å². The molecular formula is C15H21NO4S. The SMILES string of the molecule is CCN(CC(C)(C)O)S(=O)(=O)c1cccc(C#CCO)c1. The van der Waals surface area contributed by atoms with Gasteiger partial charge in [-0.15, -0.1) is 0 Å². The number of nitrogens with zero attached hydrogens (tertiary/aromatic N) is 1. The molecule has 0 saturated heterocycles. The fourth-order valence-electron chi connectivity index (χ4n) is 1.82. The molecule has 5 nitrogen and oxygen atoms in total. The van der Waals surface area contributed by atoms with E-state index in [0.29, 0.717) is 5.56 Å². The van der Waals surface area contributed by atoms with Gasteiger partial charge < -0.3 is 10.2 Å². The van der Waals surface area contributed by atoms with Crippen molar-refractivity contribution in [3.05, 3.63) is 29.8 Å². The van der Waals surface area contributed by atoms with Gasteiger partial charge in [-0.2, -0.15) is 4.31 Å². The first-order valence-electron chi connectivity index (χ1n) is 6.63. The van der Waals surface area contributed by atoms with Gasteiger partial charge in [0.2, 0.25) is 10.0 Å². The van der Waals surface area contributed by atoms with E-state index in [1.165, 1.54) is 16.4 Å². The van der Waals surface area contributed by atoms with Crippen LogP contribution >= 0.6 is 0 Å². The van der Waals surface area contributed by atoms with Crippen LogP contribution in [0.1, 0.15) is 26.3 Å². The summed E-state index contributed by atoms with van der Waals surface area (Å²) in [4.78, 5) is 0.123. The highest BCUT2D eigenvalue weighted by molar-refractivity contribution is 7.89. The lowest BCUT2D eigenvalue weighted by Gasteiger charge is -2.27. The van der Waals surface area contributed by atoms with E-state index in [1.54, 1.807) is 32.9 Å². The molecule has 0 heterocycles. The number of aliphatic hydroxyl groups excluding tert-OH is 1. The fourth-order valence-corrected chi connectivity index (χ4v) is 3.47. The minimum atomic E-state index is -3.69. The molecule has 0 aliphatic heterocycles. The molecule has 0 fully saturated rings. The van der Waals surface area contributed by atoms with E-state index < -0.39 is 15.6 Å². The number of aliphatic hydroxyl groups is 2. The quantitative estimate of drug-likeness (QED) is 0.789. The molecule has 0 aliphatic carbocycles. The maximum Gasteiger partial charge on any atom is 0.243 e. The van der Waals surface area contributed by atoms with Crippen molar-refractivity contribution >= 4 is 10.0 Å². The zero-order valence-corrected chi connectivity index (χ0v) is 13.3. The van der Waals surface area contributed by atoms with Gasteiger partial charge in [0, 0.05) is 18.7 Å². The van der Waals surface area contributed by atoms with Crippen molar-refractivity contribution in [2.45, 2.75) is 31.3 Å². The van der Waals surface area contributed by atoms with E-state index in [-0.39, 0.29) is 24.6 Å². The predicted molar refractivity (Wildman–Crippen MR) is 81.1 cm³/mol. The summed E-state index contributed by atoms with van der Waals surface area (Å²) in [5, 5.41) is 18.5. The van der Waals surface area contributed by atoms with Crippen LogP contribution in [0.3, 0.4) is 0 Å². The molecule has 0 radical (unpaired) electrons. The number of hydrogen-bond donors (Lipinski definition) is 2.